The van der Waals surface area contributed by atoms with E-state index in [2.05, 4.69) is 21.8 Å². The van der Waals surface area contributed by atoms with Crippen molar-refractivity contribution in [3.8, 4) is 0 Å². The van der Waals surface area contributed by atoms with Gasteiger partial charge in [-0.1, -0.05) is 0 Å². The Kier molecular flexibility index (Phi) is 4.10. The molecular weight excluding hydrogens is 266 g/mol. The summed E-state index contributed by atoms with van der Waals surface area (Å²) in [7, 11) is 3.65. The van der Waals surface area contributed by atoms with Crippen molar-refractivity contribution in [3.05, 3.63) is 23.9 Å². The Morgan fingerprint density at radius 3 is 3.05 bits per heavy atom. The first-order chi connectivity index (χ1) is 10.2. The smallest absolute Gasteiger partial charge is 0.338 e. The van der Waals surface area contributed by atoms with Gasteiger partial charge in [0.25, 0.3) is 0 Å². The second-order valence-corrected chi connectivity index (χ2v) is 6.08. The lowest BCUT2D eigenvalue weighted by atomic mass is 9.84. The highest BCUT2D eigenvalue weighted by molar-refractivity contribution is 5.90. The molecule has 1 aromatic heterocycles. The summed E-state index contributed by atoms with van der Waals surface area (Å²) in [5.74, 6) is 1.30. The van der Waals surface area contributed by atoms with Gasteiger partial charge in [-0.2, -0.15) is 0 Å². The molecule has 2 aliphatic heterocycles. The summed E-state index contributed by atoms with van der Waals surface area (Å²) in [6.07, 6.45) is 5.44. The Morgan fingerprint density at radius 1 is 1.38 bits per heavy atom. The molecule has 21 heavy (non-hydrogen) atoms. The number of pyridine rings is 1. The zero-order chi connectivity index (χ0) is 14.8. The van der Waals surface area contributed by atoms with E-state index < -0.39 is 0 Å². The number of hydrogen-bond donors (Lipinski definition) is 0. The maximum absolute atomic E-state index is 11.6. The molecule has 0 aliphatic carbocycles. The van der Waals surface area contributed by atoms with E-state index >= 15 is 0 Å². The van der Waals surface area contributed by atoms with Crippen LogP contribution in [0.1, 0.15) is 29.6 Å². The van der Waals surface area contributed by atoms with E-state index in [0.717, 1.165) is 18.9 Å². The minimum atomic E-state index is -0.300. The Bertz CT molecular complexity index is 520. The first kappa shape index (κ1) is 14.3. The third-order valence-electron chi connectivity index (χ3n) is 4.84. The molecule has 3 rings (SSSR count). The Labute approximate surface area is 125 Å². The summed E-state index contributed by atoms with van der Waals surface area (Å²) >= 11 is 0. The van der Waals surface area contributed by atoms with E-state index in [9.17, 15) is 4.79 Å². The van der Waals surface area contributed by atoms with Crippen molar-refractivity contribution >= 4 is 11.8 Å². The molecule has 5 nitrogen and oxygen atoms in total. The Hall–Kier alpha value is -1.62. The molecule has 0 radical (unpaired) electrons. The third kappa shape index (κ3) is 2.88. The lowest BCUT2D eigenvalue weighted by molar-refractivity contribution is 0.0600. The van der Waals surface area contributed by atoms with Crippen molar-refractivity contribution in [3.63, 3.8) is 0 Å². The monoisotopic (exact) mass is 289 g/mol. The predicted octanol–water partition coefficient (Wildman–Crippen LogP) is 1.79. The van der Waals surface area contributed by atoms with E-state index in [0.29, 0.717) is 17.5 Å². The fourth-order valence-corrected chi connectivity index (χ4v) is 3.70. The maximum atomic E-state index is 11.6. The molecule has 2 fully saturated rings. The number of anilines is 1. The van der Waals surface area contributed by atoms with Crippen molar-refractivity contribution < 1.29 is 9.53 Å². The molecule has 1 aromatic rings. The molecule has 2 unspecified atom stereocenters. The highest BCUT2D eigenvalue weighted by Crippen LogP contribution is 2.31. The molecule has 0 N–H and O–H groups in total. The standard InChI is InChI=1S/C16H23N3O2/c1-18-8-3-4-13-11-19(9-6-14(13)18)15-10-12(5-7-17-15)16(20)21-2/h5,7,10,13-14H,3-4,6,8-9,11H2,1-2H3. The van der Waals surface area contributed by atoms with Gasteiger partial charge in [-0.05, 0) is 50.9 Å². The molecule has 0 bridgehead atoms. The summed E-state index contributed by atoms with van der Waals surface area (Å²) in [5.41, 5.74) is 0.574. The van der Waals surface area contributed by atoms with Crippen LogP contribution in [0.25, 0.3) is 0 Å². The topological polar surface area (TPSA) is 45.7 Å². The predicted molar refractivity (Wildman–Crippen MR) is 81.5 cm³/mol. The van der Waals surface area contributed by atoms with E-state index in [1.807, 2.05) is 6.07 Å². The second kappa shape index (κ2) is 6.02. The number of aromatic nitrogens is 1. The normalized spacial score (nSPS) is 26.3. The number of piperidine rings is 2. The molecule has 0 spiro atoms. The van der Waals surface area contributed by atoms with E-state index in [1.165, 1.54) is 32.9 Å². The zero-order valence-electron chi connectivity index (χ0n) is 12.8. The number of carbonyl (C=O) groups excluding carboxylic acids is 1. The van der Waals surface area contributed by atoms with Gasteiger partial charge in [0.2, 0.25) is 0 Å². The molecule has 0 saturated carbocycles. The van der Waals surface area contributed by atoms with E-state index in [1.54, 1.807) is 12.3 Å². The SMILES string of the molecule is COC(=O)c1ccnc(N2CCC3C(CCCN3C)C2)c1. The molecule has 114 valence electrons. The van der Waals surface area contributed by atoms with E-state index in [-0.39, 0.29) is 5.97 Å². The number of methoxy groups -OCH3 is 1. The molecule has 2 saturated heterocycles. The molecule has 2 aliphatic rings. The number of carbonyl (C=O) groups is 1. The van der Waals surface area contributed by atoms with Gasteiger partial charge in [0.1, 0.15) is 5.82 Å². The second-order valence-electron chi connectivity index (χ2n) is 6.08. The summed E-state index contributed by atoms with van der Waals surface area (Å²) in [6.45, 7) is 3.26. The van der Waals surface area contributed by atoms with Gasteiger partial charge in [-0.3, -0.25) is 0 Å². The molecule has 0 amide bonds. The van der Waals surface area contributed by atoms with Crippen molar-refractivity contribution in [2.45, 2.75) is 25.3 Å². The van der Waals surface area contributed by atoms with E-state index in [4.69, 9.17) is 4.74 Å². The summed E-state index contributed by atoms with van der Waals surface area (Å²) < 4.78 is 4.79. The van der Waals surface area contributed by atoms with Crippen LogP contribution in [-0.4, -0.2) is 55.7 Å². The first-order valence-corrected chi connectivity index (χ1v) is 7.68. The van der Waals surface area contributed by atoms with Crippen LogP contribution < -0.4 is 4.90 Å². The fraction of sp³-hybridized carbons (Fsp3) is 0.625. The van der Waals surface area contributed by atoms with Gasteiger partial charge in [-0.25, -0.2) is 9.78 Å². The Morgan fingerprint density at radius 2 is 2.24 bits per heavy atom. The number of esters is 1. The van der Waals surface area contributed by atoms with Crippen molar-refractivity contribution in [2.24, 2.45) is 5.92 Å². The first-order valence-electron chi connectivity index (χ1n) is 7.68. The molecule has 5 heteroatoms. The van der Waals surface area contributed by atoms with Crippen LogP contribution in [0.2, 0.25) is 0 Å². The van der Waals surface area contributed by atoms with Gasteiger partial charge in [0.15, 0.2) is 0 Å². The number of hydrogen-bond acceptors (Lipinski definition) is 5. The van der Waals surface area contributed by atoms with Crippen molar-refractivity contribution in [2.75, 3.05) is 38.7 Å². The zero-order valence-corrected chi connectivity index (χ0v) is 12.8. The fourth-order valence-electron chi connectivity index (χ4n) is 3.70. The average molecular weight is 289 g/mol. The van der Waals surface area contributed by atoms with Crippen LogP contribution in [0.15, 0.2) is 18.3 Å². The molecule has 2 atom stereocenters. The highest BCUT2D eigenvalue weighted by atomic mass is 16.5. The maximum Gasteiger partial charge on any atom is 0.338 e. The number of fused-ring (bicyclic) bond motifs is 1. The molecular formula is C16H23N3O2. The van der Waals surface area contributed by atoms with Crippen LogP contribution in [0.5, 0.6) is 0 Å². The van der Waals surface area contributed by atoms with Gasteiger partial charge < -0.3 is 14.5 Å². The molecule has 3 heterocycles. The minimum absolute atomic E-state index is 0.300. The van der Waals surface area contributed by atoms with Gasteiger partial charge >= 0.3 is 5.97 Å². The average Bonchev–Trinajstić information content (AvgIpc) is 2.54. The number of ether oxygens (including phenoxy) is 1. The largest absolute Gasteiger partial charge is 0.465 e. The summed E-state index contributed by atoms with van der Waals surface area (Å²) in [5, 5.41) is 0. The quantitative estimate of drug-likeness (QED) is 0.777. The van der Waals surface area contributed by atoms with Crippen LogP contribution in [-0.2, 0) is 4.74 Å². The highest BCUT2D eigenvalue weighted by Gasteiger charge is 2.34. The van der Waals surface area contributed by atoms with Crippen molar-refractivity contribution in [1.29, 1.82) is 0 Å². The van der Waals surface area contributed by atoms with Crippen LogP contribution >= 0.6 is 0 Å². The van der Waals surface area contributed by atoms with Gasteiger partial charge in [0.05, 0.1) is 12.7 Å². The molecule has 0 aromatic carbocycles. The number of likely N-dealkylation sites (tertiary alicyclic amines) is 1. The van der Waals surface area contributed by atoms with Crippen LogP contribution in [0, 0.1) is 5.92 Å². The van der Waals surface area contributed by atoms with Crippen LogP contribution in [0.3, 0.4) is 0 Å². The van der Waals surface area contributed by atoms with Crippen LogP contribution in [0.4, 0.5) is 5.82 Å². The number of nitrogens with zero attached hydrogens (tertiary/aromatic N) is 3. The number of rotatable bonds is 2. The lowest BCUT2D eigenvalue weighted by Gasteiger charge is -2.46. The lowest BCUT2D eigenvalue weighted by Crippen LogP contribution is -2.52. The van der Waals surface area contributed by atoms with Crippen molar-refractivity contribution in [1.82, 2.24) is 9.88 Å². The third-order valence-corrected chi connectivity index (χ3v) is 4.84. The van der Waals surface area contributed by atoms with Gasteiger partial charge in [-0.15, -0.1) is 0 Å². The van der Waals surface area contributed by atoms with Gasteiger partial charge in [0, 0.05) is 25.3 Å². The summed E-state index contributed by atoms with van der Waals surface area (Å²) in [6, 6.07) is 4.26. The Balaban J connectivity index is 1.75. The summed E-state index contributed by atoms with van der Waals surface area (Å²) in [4.78, 5) is 20.9. The minimum Gasteiger partial charge on any atom is -0.465 e.